The number of rotatable bonds is 0. The molecule has 0 fully saturated rings. The molecule has 2 nitrogen and oxygen atoms in total. The molecule has 0 saturated carbocycles. The zero-order chi connectivity index (χ0) is 10.1. The van der Waals surface area contributed by atoms with Crippen LogP contribution >= 0.6 is 22.6 Å². The summed E-state index contributed by atoms with van der Waals surface area (Å²) in [6.45, 7) is 0.972. The van der Waals surface area contributed by atoms with Gasteiger partial charge in [0.25, 0.3) is 0 Å². The van der Waals surface area contributed by atoms with Crippen LogP contribution in [0.4, 0.5) is 5.69 Å². The molecule has 0 N–H and O–H groups in total. The van der Waals surface area contributed by atoms with E-state index in [9.17, 15) is 4.79 Å². The van der Waals surface area contributed by atoms with Crippen LogP contribution < -0.4 is 4.90 Å². The summed E-state index contributed by atoms with van der Waals surface area (Å²) in [6, 6.07) is 6.08. The van der Waals surface area contributed by atoms with Gasteiger partial charge in [-0.05, 0) is 47.2 Å². The fourth-order valence-corrected chi connectivity index (χ4v) is 2.29. The Morgan fingerprint density at radius 1 is 1.43 bits per heavy atom. The maximum absolute atomic E-state index is 11.8. The lowest BCUT2D eigenvalue weighted by Gasteiger charge is -2.18. The molecule has 74 valence electrons. The van der Waals surface area contributed by atoms with Gasteiger partial charge in [-0.25, -0.2) is 0 Å². The van der Waals surface area contributed by atoms with Gasteiger partial charge in [0, 0.05) is 34.8 Å². The van der Waals surface area contributed by atoms with E-state index in [2.05, 4.69) is 33.6 Å². The Kier molecular flexibility index (Phi) is 2.76. The minimum atomic E-state index is 0.280. The molecule has 1 aliphatic rings. The molecule has 0 amide bonds. The first-order valence-corrected chi connectivity index (χ1v) is 5.80. The second kappa shape index (κ2) is 3.88. The van der Waals surface area contributed by atoms with Gasteiger partial charge in [0.2, 0.25) is 0 Å². The van der Waals surface area contributed by atoms with Crippen molar-refractivity contribution in [2.75, 3.05) is 18.5 Å². The molecule has 0 atom stereocenters. The van der Waals surface area contributed by atoms with Crippen molar-refractivity contribution < 1.29 is 4.79 Å². The lowest BCUT2D eigenvalue weighted by atomic mass is 10.1. The molecule has 0 aromatic heterocycles. The number of carbonyl (C=O) groups is 1. The van der Waals surface area contributed by atoms with E-state index in [-0.39, 0.29) is 5.78 Å². The van der Waals surface area contributed by atoms with E-state index < -0.39 is 0 Å². The highest BCUT2D eigenvalue weighted by atomic mass is 127. The third-order valence-electron chi connectivity index (χ3n) is 2.57. The predicted octanol–water partition coefficient (Wildman–Crippen LogP) is 2.70. The highest BCUT2D eigenvalue weighted by molar-refractivity contribution is 14.1. The average Bonchev–Trinajstić information content (AvgIpc) is 2.28. The first kappa shape index (κ1) is 9.96. The third-order valence-corrected chi connectivity index (χ3v) is 3.24. The van der Waals surface area contributed by atoms with E-state index in [4.69, 9.17) is 0 Å². The van der Waals surface area contributed by atoms with Gasteiger partial charge < -0.3 is 4.90 Å². The monoisotopic (exact) mass is 301 g/mol. The molecule has 0 bridgehead atoms. The van der Waals surface area contributed by atoms with Crippen LogP contribution in [0, 0.1) is 3.57 Å². The normalized spacial score (nSPS) is 16.4. The largest absolute Gasteiger partial charge is 0.374 e. The van der Waals surface area contributed by atoms with E-state index in [0.717, 1.165) is 27.8 Å². The number of fused-ring (bicyclic) bond motifs is 1. The molecule has 0 aliphatic carbocycles. The number of anilines is 1. The zero-order valence-corrected chi connectivity index (χ0v) is 10.2. The SMILES string of the molecule is CN1CCCC(=O)c2cc(I)ccc21. The molecule has 1 aromatic carbocycles. The Hall–Kier alpha value is -0.580. The molecule has 0 saturated heterocycles. The van der Waals surface area contributed by atoms with Gasteiger partial charge in [0.15, 0.2) is 5.78 Å². The minimum absolute atomic E-state index is 0.280. The summed E-state index contributed by atoms with van der Waals surface area (Å²) in [5, 5.41) is 0. The van der Waals surface area contributed by atoms with Crippen LogP contribution in [0.5, 0.6) is 0 Å². The van der Waals surface area contributed by atoms with Gasteiger partial charge in [-0.1, -0.05) is 0 Å². The van der Waals surface area contributed by atoms with Gasteiger partial charge in [-0.3, -0.25) is 4.79 Å². The maximum atomic E-state index is 11.8. The number of halogens is 1. The predicted molar refractivity (Wildman–Crippen MR) is 66.0 cm³/mol. The van der Waals surface area contributed by atoms with Crippen molar-refractivity contribution in [3.8, 4) is 0 Å². The summed E-state index contributed by atoms with van der Waals surface area (Å²) < 4.78 is 1.13. The smallest absolute Gasteiger partial charge is 0.165 e. The lowest BCUT2D eigenvalue weighted by molar-refractivity contribution is 0.0983. The summed E-state index contributed by atoms with van der Waals surface area (Å²) >= 11 is 2.24. The van der Waals surface area contributed by atoms with Crippen molar-refractivity contribution in [3.05, 3.63) is 27.3 Å². The van der Waals surface area contributed by atoms with Crippen LogP contribution in [-0.2, 0) is 0 Å². The maximum Gasteiger partial charge on any atom is 0.165 e. The Bertz CT molecular complexity index is 376. The van der Waals surface area contributed by atoms with E-state index in [0.29, 0.717) is 6.42 Å². The first-order valence-electron chi connectivity index (χ1n) is 4.72. The van der Waals surface area contributed by atoms with Crippen molar-refractivity contribution in [2.45, 2.75) is 12.8 Å². The quantitative estimate of drug-likeness (QED) is 0.687. The molecule has 0 radical (unpaired) electrons. The fourth-order valence-electron chi connectivity index (χ4n) is 1.80. The van der Waals surface area contributed by atoms with Gasteiger partial charge in [0.05, 0.1) is 0 Å². The van der Waals surface area contributed by atoms with Gasteiger partial charge >= 0.3 is 0 Å². The summed E-state index contributed by atoms with van der Waals surface area (Å²) in [4.78, 5) is 13.9. The highest BCUT2D eigenvalue weighted by Crippen LogP contribution is 2.26. The zero-order valence-electron chi connectivity index (χ0n) is 8.09. The van der Waals surface area contributed by atoms with E-state index >= 15 is 0 Å². The van der Waals surface area contributed by atoms with Crippen LogP contribution in [0.1, 0.15) is 23.2 Å². The topological polar surface area (TPSA) is 20.3 Å². The van der Waals surface area contributed by atoms with Crippen LogP contribution in [-0.4, -0.2) is 19.4 Å². The molecule has 1 heterocycles. The second-order valence-corrected chi connectivity index (χ2v) is 4.86. The highest BCUT2D eigenvalue weighted by Gasteiger charge is 2.18. The van der Waals surface area contributed by atoms with Crippen LogP contribution in [0.3, 0.4) is 0 Å². The number of hydrogen-bond donors (Lipinski definition) is 0. The van der Waals surface area contributed by atoms with E-state index in [1.165, 1.54) is 0 Å². The van der Waals surface area contributed by atoms with Crippen LogP contribution in [0.15, 0.2) is 18.2 Å². The number of nitrogens with zero attached hydrogens (tertiary/aromatic N) is 1. The Labute approximate surface area is 97.4 Å². The molecule has 0 spiro atoms. The molecule has 1 aromatic rings. The minimum Gasteiger partial charge on any atom is -0.374 e. The van der Waals surface area contributed by atoms with Crippen molar-refractivity contribution >= 4 is 34.1 Å². The molecule has 1 aliphatic heterocycles. The van der Waals surface area contributed by atoms with Gasteiger partial charge in [0.1, 0.15) is 0 Å². The molecule has 2 rings (SSSR count). The standard InChI is InChI=1S/C11H12INO/c1-13-6-2-3-11(14)9-7-8(12)4-5-10(9)13/h4-5,7H,2-3,6H2,1H3. The number of ketones is 1. The molecular formula is C11H12INO. The number of hydrogen-bond acceptors (Lipinski definition) is 2. The number of carbonyl (C=O) groups excluding carboxylic acids is 1. The molecule has 3 heteroatoms. The van der Waals surface area contributed by atoms with E-state index in [1.54, 1.807) is 0 Å². The molecular weight excluding hydrogens is 289 g/mol. The average molecular weight is 301 g/mol. The summed E-state index contributed by atoms with van der Waals surface area (Å²) in [5.41, 5.74) is 1.96. The van der Waals surface area contributed by atoms with Crippen LogP contribution in [0.25, 0.3) is 0 Å². The Morgan fingerprint density at radius 3 is 3.00 bits per heavy atom. The van der Waals surface area contributed by atoms with E-state index in [1.807, 2.05) is 19.2 Å². The van der Waals surface area contributed by atoms with Crippen LogP contribution in [0.2, 0.25) is 0 Å². The molecule has 0 unspecified atom stereocenters. The number of benzene rings is 1. The van der Waals surface area contributed by atoms with Crippen molar-refractivity contribution in [1.29, 1.82) is 0 Å². The van der Waals surface area contributed by atoms with Crippen molar-refractivity contribution in [3.63, 3.8) is 0 Å². The summed E-state index contributed by atoms with van der Waals surface area (Å²) in [6.07, 6.45) is 1.64. The second-order valence-electron chi connectivity index (χ2n) is 3.61. The Morgan fingerprint density at radius 2 is 2.21 bits per heavy atom. The van der Waals surface area contributed by atoms with Gasteiger partial charge in [-0.2, -0.15) is 0 Å². The summed E-state index contributed by atoms with van der Waals surface area (Å²) in [7, 11) is 2.05. The molecule has 14 heavy (non-hydrogen) atoms. The Balaban J connectivity index is 2.54. The van der Waals surface area contributed by atoms with Crippen molar-refractivity contribution in [1.82, 2.24) is 0 Å². The number of Topliss-reactive ketones (excluding diaryl/α,β-unsaturated/α-hetero) is 1. The lowest BCUT2D eigenvalue weighted by Crippen LogP contribution is -2.17. The van der Waals surface area contributed by atoms with Gasteiger partial charge in [-0.15, -0.1) is 0 Å². The first-order chi connectivity index (χ1) is 6.68. The van der Waals surface area contributed by atoms with Crippen molar-refractivity contribution in [2.24, 2.45) is 0 Å². The summed E-state index contributed by atoms with van der Waals surface area (Å²) in [5.74, 6) is 0.280. The fraction of sp³-hybridized carbons (Fsp3) is 0.364. The third kappa shape index (κ3) is 1.78.